The Morgan fingerprint density at radius 2 is 1.57 bits per heavy atom. The van der Waals surface area contributed by atoms with Crippen LogP contribution in [-0.2, 0) is 17.6 Å². The summed E-state index contributed by atoms with van der Waals surface area (Å²) in [7, 11) is 0. The van der Waals surface area contributed by atoms with Gasteiger partial charge in [-0.05, 0) is 90.3 Å². The number of aryl methyl sites for hydroxylation is 2. The second-order valence-corrected chi connectivity index (χ2v) is 10.4. The predicted octanol–water partition coefficient (Wildman–Crippen LogP) is 9.19. The van der Waals surface area contributed by atoms with Crippen molar-refractivity contribution in [2.45, 2.75) is 26.7 Å². The van der Waals surface area contributed by atoms with Crippen LogP contribution in [0.5, 0.6) is 0 Å². The Bertz CT molecular complexity index is 1510. The number of benzene rings is 3. The maximum atomic E-state index is 13.6. The van der Waals surface area contributed by atoms with Gasteiger partial charge < -0.3 is 4.42 Å². The molecule has 0 spiro atoms. The lowest BCUT2D eigenvalue weighted by molar-refractivity contribution is -0.113. The van der Waals surface area contributed by atoms with Gasteiger partial charge in [-0.25, -0.2) is 4.99 Å². The number of carbonyl (C=O) groups excluding carboxylic acids is 1. The summed E-state index contributed by atoms with van der Waals surface area (Å²) in [6, 6.07) is 25.0. The Balaban J connectivity index is 1.50. The molecule has 1 amide bonds. The van der Waals surface area contributed by atoms with Gasteiger partial charge in [0.05, 0.1) is 21.3 Å². The van der Waals surface area contributed by atoms with E-state index in [0.29, 0.717) is 31.6 Å². The summed E-state index contributed by atoms with van der Waals surface area (Å²) in [5.74, 6) is 0.994. The molecule has 37 heavy (non-hydrogen) atoms. The molecule has 1 aliphatic heterocycles. The van der Waals surface area contributed by atoms with Gasteiger partial charge in [0.1, 0.15) is 11.5 Å². The lowest BCUT2D eigenvalue weighted by atomic mass is 10.1. The summed E-state index contributed by atoms with van der Waals surface area (Å²) >= 11 is 13.7. The molecule has 0 N–H and O–H groups in total. The number of thioether (sulfide) groups is 1. The van der Waals surface area contributed by atoms with Crippen molar-refractivity contribution in [3.63, 3.8) is 0 Å². The molecule has 7 heteroatoms. The smallest absolute Gasteiger partial charge is 0.271 e. The van der Waals surface area contributed by atoms with E-state index in [-0.39, 0.29) is 5.91 Å². The highest BCUT2D eigenvalue weighted by molar-refractivity contribution is 8.19. The van der Waals surface area contributed by atoms with E-state index < -0.39 is 0 Å². The second kappa shape index (κ2) is 11.0. The van der Waals surface area contributed by atoms with Crippen molar-refractivity contribution in [3.05, 3.63) is 111 Å². The lowest BCUT2D eigenvalue weighted by Gasteiger charge is -2.16. The summed E-state index contributed by atoms with van der Waals surface area (Å²) in [5.41, 5.74) is 4.74. The van der Waals surface area contributed by atoms with Gasteiger partial charge in [0.2, 0.25) is 0 Å². The van der Waals surface area contributed by atoms with E-state index in [4.69, 9.17) is 32.6 Å². The molecule has 4 nitrogen and oxygen atoms in total. The van der Waals surface area contributed by atoms with Crippen LogP contribution < -0.4 is 4.90 Å². The molecule has 186 valence electrons. The number of anilines is 1. The average Bonchev–Trinajstić information content (AvgIpc) is 3.49. The molecule has 0 bridgehead atoms. The van der Waals surface area contributed by atoms with E-state index in [1.807, 2.05) is 54.6 Å². The van der Waals surface area contributed by atoms with Crippen LogP contribution >= 0.6 is 35.0 Å². The molecular formula is C30H24Cl2N2O2S. The first kappa shape index (κ1) is 25.4. The number of amides is 1. The Hall–Kier alpha value is -3.25. The lowest BCUT2D eigenvalue weighted by Crippen LogP contribution is -2.28. The minimum atomic E-state index is -0.152. The second-order valence-electron chi connectivity index (χ2n) is 8.51. The minimum Gasteiger partial charge on any atom is -0.457 e. The summed E-state index contributed by atoms with van der Waals surface area (Å²) in [6.45, 7) is 4.22. The van der Waals surface area contributed by atoms with Crippen molar-refractivity contribution in [2.24, 2.45) is 4.99 Å². The number of carbonyl (C=O) groups is 1. The number of hydrogen-bond acceptors (Lipinski definition) is 4. The molecule has 2 heterocycles. The van der Waals surface area contributed by atoms with Gasteiger partial charge in [0.15, 0.2) is 5.17 Å². The van der Waals surface area contributed by atoms with E-state index >= 15 is 0 Å². The Labute approximate surface area is 230 Å². The van der Waals surface area contributed by atoms with Crippen molar-refractivity contribution < 1.29 is 9.21 Å². The summed E-state index contributed by atoms with van der Waals surface area (Å²) in [4.78, 5) is 20.6. The van der Waals surface area contributed by atoms with Gasteiger partial charge >= 0.3 is 0 Å². The van der Waals surface area contributed by atoms with E-state index in [1.54, 1.807) is 23.1 Å². The number of nitrogens with zero attached hydrogens (tertiary/aromatic N) is 2. The van der Waals surface area contributed by atoms with Crippen LogP contribution in [0.25, 0.3) is 17.4 Å². The van der Waals surface area contributed by atoms with E-state index in [9.17, 15) is 4.79 Å². The van der Waals surface area contributed by atoms with Gasteiger partial charge in [-0.15, -0.1) is 0 Å². The number of halogens is 2. The molecule has 0 radical (unpaired) electrons. The summed E-state index contributed by atoms with van der Waals surface area (Å²) in [6.07, 6.45) is 3.63. The fourth-order valence-corrected chi connectivity index (χ4v) is 5.45. The van der Waals surface area contributed by atoms with Crippen LogP contribution in [0.1, 0.15) is 30.7 Å². The fraction of sp³-hybridized carbons (Fsp3) is 0.133. The van der Waals surface area contributed by atoms with Gasteiger partial charge in [-0.1, -0.05) is 61.3 Å². The standard InChI is InChI=1S/C30H24Cl2N2O2S/c1-3-19-5-10-22(11-6-19)33-30-34(23-12-7-20(4-2)8-13-23)29(35)28(37-30)18-24-14-16-27(36-24)25-15-9-21(31)17-26(25)32/h5-18H,3-4H2,1-2H3/b28-18+,33-30?. The molecule has 0 aliphatic carbocycles. The Morgan fingerprint density at radius 3 is 2.22 bits per heavy atom. The topological polar surface area (TPSA) is 45.8 Å². The largest absolute Gasteiger partial charge is 0.457 e. The quantitative estimate of drug-likeness (QED) is 0.226. The zero-order chi connectivity index (χ0) is 25.9. The van der Waals surface area contributed by atoms with Crippen LogP contribution in [-0.4, -0.2) is 11.1 Å². The Morgan fingerprint density at radius 1 is 0.892 bits per heavy atom. The first-order valence-electron chi connectivity index (χ1n) is 12.0. The molecule has 1 fully saturated rings. The average molecular weight is 548 g/mol. The monoisotopic (exact) mass is 546 g/mol. The maximum absolute atomic E-state index is 13.6. The highest BCUT2D eigenvalue weighted by Gasteiger charge is 2.35. The van der Waals surface area contributed by atoms with Gasteiger partial charge in [-0.3, -0.25) is 9.69 Å². The highest BCUT2D eigenvalue weighted by atomic mass is 35.5. The number of furan rings is 1. The molecule has 0 atom stereocenters. The Kier molecular flexibility index (Phi) is 7.56. The molecule has 1 aliphatic rings. The molecule has 3 aromatic carbocycles. The van der Waals surface area contributed by atoms with Gasteiger partial charge in [0, 0.05) is 16.7 Å². The van der Waals surface area contributed by atoms with Crippen LogP contribution in [0.4, 0.5) is 11.4 Å². The third-order valence-electron chi connectivity index (χ3n) is 6.08. The van der Waals surface area contributed by atoms with E-state index in [0.717, 1.165) is 29.8 Å². The zero-order valence-corrected chi connectivity index (χ0v) is 22.7. The van der Waals surface area contributed by atoms with Crippen molar-refractivity contribution in [1.82, 2.24) is 0 Å². The first-order valence-corrected chi connectivity index (χ1v) is 13.6. The highest BCUT2D eigenvalue weighted by Crippen LogP contribution is 2.38. The molecular weight excluding hydrogens is 523 g/mol. The van der Waals surface area contributed by atoms with Crippen molar-refractivity contribution in [3.8, 4) is 11.3 Å². The maximum Gasteiger partial charge on any atom is 0.271 e. The molecule has 1 saturated heterocycles. The number of amidine groups is 1. The third-order valence-corrected chi connectivity index (χ3v) is 7.59. The van der Waals surface area contributed by atoms with Gasteiger partial charge in [0.25, 0.3) is 5.91 Å². The summed E-state index contributed by atoms with van der Waals surface area (Å²) < 4.78 is 6.02. The predicted molar refractivity (Wildman–Crippen MR) is 156 cm³/mol. The van der Waals surface area contributed by atoms with Crippen molar-refractivity contribution >= 4 is 63.5 Å². The van der Waals surface area contributed by atoms with Crippen LogP contribution in [0.15, 0.2) is 93.2 Å². The van der Waals surface area contributed by atoms with E-state index in [2.05, 4.69) is 26.0 Å². The third kappa shape index (κ3) is 5.54. The molecule has 4 aromatic rings. The minimum absolute atomic E-state index is 0.152. The van der Waals surface area contributed by atoms with Crippen LogP contribution in [0, 0.1) is 0 Å². The number of rotatable bonds is 6. The van der Waals surface area contributed by atoms with Crippen LogP contribution in [0.2, 0.25) is 10.0 Å². The molecule has 5 rings (SSSR count). The van der Waals surface area contributed by atoms with Crippen molar-refractivity contribution in [1.29, 1.82) is 0 Å². The van der Waals surface area contributed by atoms with E-state index in [1.165, 1.54) is 22.9 Å². The molecule has 0 saturated carbocycles. The van der Waals surface area contributed by atoms with Crippen molar-refractivity contribution in [2.75, 3.05) is 4.90 Å². The SMILES string of the molecule is CCc1ccc(N=C2S/C(=C/c3ccc(-c4ccc(Cl)cc4Cl)o3)C(=O)N2c2ccc(CC)cc2)cc1. The fourth-order valence-electron chi connectivity index (χ4n) is 3.97. The normalized spacial score (nSPS) is 15.8. The number of aliphatic imine (C=N–C) groups is 1. The molecule has 0 unspecified atom stereocenters. The zero-order valence-electron chi connectivity index (χ0n) is 20.4. The first-order chi connectivity index (χ1) is 17.9. The number of hydrogen-bond donors (Lipinski definition) is 0. The van der Waals surface area contributed by atoms with Crippen LogP contribution in [0.3, 0.4) is 0 Å². The van der Waals surface area contributed by atoms with Gasteiger partial charge in [-0.2, -0.15) is 0 Å². The summed E-state index contributed by atoms with van der Waals surface area (Å²) in [5, 5.41) is 1.65. The molecule has 1 aromatic heterocycles.